The van der Waals surface area contributed by atoms with Gasteiger partial charge in [0.1, 0.15) is 0 Å². The zero-order chi connectivity index (χ0) is 13.8. The van der Waals surface area contributed by atoms with Gasteiger partial charge in [-0.05, 0) is 38.5 Å². The van der Waals surface area contributed by atoms with Crippen LogP contribution in [0.5, 0.6) is 0 Å². The minimum atomic E-state index is 0.275. The monoisotopic (exact) mass is 271 g/mol. The standard InChI is InChI=1S/C15H17N3S/c1-10(15-11(2)18-12(3)19-15)17-9-14-6-4-5-13(7-14)8-16/h4-7,10,17H,9H2,1-3H3. The molecule has 0 saturated heterocycles. The third kappa shape index (κ3) is 3.40. The number of nitrogens with zero attached hydrogens (tertiary/aromatic N) is 2. The van der Waals surface area contributed by atoms with E-state index >= 15 is 0 Å². The van der Waals surface area contributed by atoms with Crippen LogP contribution in [-0.2, 0) is 6.54 Å². The fraction of sp³-hybridized carbons (Fsp3) is 0.333. The van der Waals surface area contributed by atoms with Gasteiger partial charge in [-0.2, -0.15) is 5.26 Å². The molecule has 1 heterocycles. The van der Waals surface area contributed by atoms with E-state index < -0.39 is 0 Å². The van der Waals surface area contributed by atoms with Gasteiger partial charge in [0.05, 0.1) is 22.3 Å². The Bertz CT molecular complexity index is 610. The van der Waals surface area contributed by atoms with E-state index in [-0.39, 0.29) is 6.04 Å². The lowest BCUT2D eigenvalue weighted by atomic mass is 10.1. The zero-order valence-corrected chi connectivity index (χ0v) is 12.2. The number of nitrogens with one attached hydrogen (secondary N) is 1. The highest BCUT2D eigenvalue weighted by Crippen LogP contribution is 2.24. The van der Waals surface area contributed by atoms with Crippen LogP contribution in [0.2, 0.25) is 0 Å². The fourth-order valence-corrected chi connectivity index (χ4v) is 3.02. The Kier molecular flexibility index (Phi) is 4.31. The molecule has 0 radical (unpaired) electrons. The van der Waals surface area contributed by atoms with Crippen LogP contribution >= 0.6 is 11.3 Å². The lowest BCUT2D eigenvalue weighted by Crippen LogP contribution is -2.17. The molecule has 0 spiro atoms. The molecule has 0 amide bonds. The van der Waals surface area contributed by atoms with E-state index in [1.165, 1.54) is 4.88 Å². The van der Waals surface area contributed by atoms with Crippen LogP contribution in [0.3, 0.4) is 0 Å². The summed E-state index contributed by atoms with van der Waals surface area (Å²) < 4.78 is 0. The minimum Gasteiger partial charge on any atom is -0.305 e. The maximum atomic E-state index is 8.88. The summed E-state index contributed by atoms with van der Waals surface area (Å²) in [4.78, 5) is 5.74. The van der Waals surface area contributed by atoms with Crippen LogP contribution in [0.1, 0.15) is 39.7 Å². The summed E-state index contributed by atoms with van der Waals surface area (Å²) >= 11 is 1.74. The molecule has 3 nitrogen and oxygen atoms in total. The maximum Gasteiger partial charge on any atom is 0.0991 e. The van der Waals surface area contributed by atoms with Gasteiger partial charge in [-0.15, -0.1) is 11.3 Å². The zero-order valence-electron chi connectivity index (χ0n) is 11.4. The average Bonchev–Trinajstić information content (AvgIpc) is 2.75. The second-order valence-electron chi connectivity index (χ2n) is 4.60. The van der Waals surface area contributed by atoms with Gasteiger partial charge in [-0.25, -0.2) is 4.98 Å². The minimum absolute atomic E-state index is 0.275. The number of hydrogen-bond acceptors (Lipinski definition) is 4. The van der Waals surface area contributed by atoms with Gasteiger partial charge in [0.2, 0.25) is 0 Å². The van der Waals surface area contributed by atoms with Crippen LogP contribution < -0.4 is 5.32 Å². The molecule has 2 rings (SSSR count). The van der Waals surface area contributed by atoms with E-state index in [0.717, 1.165) is 22.8 Å². The Morgan fingerprint density at radius 3 is 2.84 bits per heavy atom. The number of aromatic nitrogens is 1. The second kappa shape index (κ2) is 5.96. The van der Waals surface area contributed by atoms with E-state index in [9.17, 15) is 0 Å². The molecule has 0 aliphatic carbocycles. The molecule has 0 aliphatic rings. The fourth-order valence-electron chi connectivity index (χ4n) is 2.06. The highest BCUT2D eigenvalue weighted by atomic mass is 32.1. The summed E-state index contributed by atoms with van der Waals surface area (Å²) in [5.74, 6) is 0. The highest BCUT2D eigenvalue weighted by Gasteiger charge is 2.12. The summed E-state index contributed by atoms with van der Waals surface area (Å²) in [6.07, 6.45) is 0. The number of nitriles is 1. The second-order valence-corrected chi connectivity index (χ2v) is 5.83. The normalized spacial score (nSPS) is 12.1. The van der Waals surface area contributed by atoms with E-state index in [1.54, 1.807) is 11.3 Å². The Hall–Kier alpha value is -1.70. The van der Waals surface area contributed by atoms with Crippen LogP contribution in [0.25, 0.3) is 0 Å². The predicted molar refractivity (Wildman–Crippen MR) is 78.0 cm³/mol. The van der Waals surface area contributed by atoms with Gasteiger partial charge >= 0.3 is 0 Å². The molecule has 1 aromatic heterocycles. The van der Waals surface area contributed by atoms with Crippen molar-refractivity contribution in [2.45, 2.75) is 33.4 Å². The molecule has 2 aromatic rings. The third-order valence-corrected chi connectivity index (χ3v) is 4.26. The number of hydrogen-bond donors (Lipinski definition) is 1. The summed E-state index contributed by atoms with van der Waals surface area (Å²) in [7, 11) is 0. The molecule has 0 fully saturated rings. The third-order valence-electron chi connectivity index (χ3n) is 3.00. The first-order valence-corrected chi connectivity index (χ1v) is 7.08. The maximum absolute atomic E-state index is 8.88. The molecule has 19 heavy (non-hydrogen) atoms. The predicted octanol–water partition coefficient (Wildman–Crippen LogP) is 3.48. The van der Waals surface area contributed by atoms with Crippen LogP contribution in [-0.4, -0.2) is 4.98 Å². The van der Waals surface area contributed by atoms with E-state index in [1.807, 2.05) is 38.1 Å². The van der Waals surface area contributed by atoms with Gasteiger partial charge in [0.25, 0.3) is 0 Å². The van der Waals surface area contributed by atoms with Gasteiger partial charge < -0.3 is 5.32 Å². The first-order chi connectivity index (χ1) is 9.10. The number of benzene rings is 1. The van der Waals surface area contributed by atoms with Crippen LogP contribution in [0, 0.1) is 25.2 Å². The molecule has 1 aromatic carbocycles. The highest BCUT2D eigenvalue weighted by molar-refractivity contribution is 7.11. The van der Waals surface area contributed by atoms with Crippen molar-refractivity contribution in [3.63, 3.8) is 0 Å². The van der Waals surface area contributed by atoms with Crippen molar-refractivity contribution in [2.24, 2.45) is 0 Å². The Morgan fingerprint density at radius 1 is 1.42 bits per heavy atom. The van der Waals surface area contributed by atoms with Crippen molar-refractivity contribution >= 4 is 11.3 Å². The smallest absolute Gasteiger partial charge is 0.0991 e. The van der Waals surface area contributed by atoms with E-state index in [2.05, 4.69) is 23.3 Å². The van der Waals surface area contributed by atoms with Crippen molar-refractivity contribution in [3.8, 4) is 6.07 Å². The number of thiazole rings is 1. The molecule has 1 unspecified atom stereocenters. The van der Waals surface area contributed by atoms with Crippen LogP contribution in [0.15, 0.2) is 24.3 Å². The van der Waals surface area contributed by atoms with E-state index in [4.69, 9.17) is 5.26 Å². The van der Waals surface area contributed by atoms with Gasteiger partial charge in [-0.1, -0.05) is 12.1 Å². The molecular formula is C15H17N3S. The van der Waals surface area contributed by atoms with Crippen molar-refractivity contribution in [2.75, 3.05) is 0 Å². The molecule has 98 valence electrons. The Labute approximate surface area is 117 Å². The quantitative estimate of drug-likeness (QED) is 0.926. The molecular weight excluding hydrogens is 254 g/mol. The number of rotatable bonds is 4. The Morgan fingerprint density at radius 2 is 2.21 bits per heavy atom. The van der Waals surface area contributed by atoms with Crippen molar-refractivity contribution < 1.29 is 0 Å². The molecule has 1 atom stereocenters. The van der Waals surface area contributed by atoms with Crippen molar-refractivity contribution in [1.29, 1.82) is 5.26 Å². The summed E-state index contributed by atoms with van der Waals surface area (Å²) in [5.41, 5.74) is 2.94. The van der Waals surface area contributed by atoms with Gasteiger partial charge in [0.15, 0.2) is 0 Å². The lowest BCUT2D eigenvalue weighted by Gasteiger charge is -2.13. The lowest BCUT2D eigenvalue weighted by molar-refractivity contribution is 0.579. The summed E-state index contributed by atoms with van der Waals surface area (Å²) in [6.45, 7) is 6.98. The number of aryl methyl sites for hydroxylation is 2. The van der Waals surface area contributed by atoms with Crippen molar-refractivity contribution in [1.82, 2.24) is 10.3 Å². The summed E-state index contributed by atoms with van der Waals surface area (Å²) in [5, 5.41) is 13.5. The first kappa shape index (κ1) is 13.7. The molecule has 4 heteroatoms. The average molecular weight is 271 g/mol. The topological polar surface area (TPSA) is 48.7 Å². The molecule has 0 saturated carbocycles. The SMILES string of the molecule is Cc1nc(C)c(C(C)NCc2cccc(C#N)c2)s1. The largest absolute Gasteiger partial charge is 0.305 e. The Balaban J connectivity index is 2.02. The van der Waals surface area contributed by atoms with Crippen LogP contribution in [0.4, 0.5) is 0 Å². The summed E-state index contributed by atoms with van der Waals surface area (Å²) in [6, 6.07) is 10.1. The molecule has 1 N–H and O–H groups in total. The molecule has 0 aliphatic heterocycles. The first-order valence-electron chi connectivity index (χ1n) is 6.26. The van der Waals surface area contributed by atoms with E-state index in [0.29, 0.717) is 5.56 Å². The van der Waals surface area contributed by atoms with Crippen molar-refractivity contribution in [3.05, 3.63) is 51.0 Å². The van der Waals surface area contributed by atoms with Gasteiger partial charge in [0, 0.05) is 17.5 Å². The molecule has 0 bridgehead atoms. The van der Waals surface area contributed by atoms with Gasteiger partial charge in [-0.3, -0.25) is 0 Å².